The molecule has 1 aliphatic carbocycles. The summed E-state index contributed by atoms with van der Waals surface area (Å²) in [6, 6.07) is 4.57. The van der Waals surface area contributed by atoms with E-state index in [0.717, 1.165) is 36.4 Å². The van der Waals surface area contributed by atoms with Crippen molar-refractivity contribution in [3.8, 4) is 11.5 Å². The van der Waals surface area contributed by atoms with Crippen LogP contribution in [0.3, 0.4) is 0 Å². The molecule has 29 heavy (non-hydrogen) atoms. The number of halogens is 2. The standard InChI is InChI=1S/C21H24F2N2O3S/c1-3-27-17-12-15(6-8-16(17)28-20(22)23)7-9-18(26)25-21(10-4-5-11-21)19-24-14(2)13-29-19/h6-9,12-13,20H,3-5,10-11H2,1-2H3,(H,25,26)/b9-7+. The zero-order chi connectivity index (χ0) is 20.9. The quantitative estimate of drug-likeness (QED) is 0.605. The topological polar surface area (TPSA) is 60.5 Å². The number of benzene rings is 1. The predicted molar refractivity (Wildman–Crippen MR) is 108 cm³/mol. The Bertz CT molecular complexity index is 877. The van der Waals surface area contributed by atoms with Crippen LogP contribution in [0.15, 0.2) is 29.7 Å². The van der Waals surface area contributed by atoms with Crippen LogP contribution in [0.4, 0.5) is 8.78 Å². The van der Waals surface area contributed by atoms with Gasteiger partial charge in [0.25, 0.3) is 0 Å². The molecule has 1 saturated carbocycles. The molecule has 1 heterocycles. The molecule has 0 aliphatic heterocycles. The van der Waals surface area contributed by atoms with Gasteiger partial charge in [-0.1, -0.05) is 18.9 Å². The van der Waals surface area contributed by atoms with Crippen molar-refractivity contribution >= 4 is 23.3 Å². The lowest BCUT2D eigenvalue weighted by molar-refractivity contribution is -0.118. The van der Waals surface area contributed by atoms with Gasteiger partial charge in [-0.2, -0.15) is 8.78 Å². The third-order valence-corrected chi connectivity index (χ3v) is 5.92. The fraction of sp³-hybridized carbons (Fsp3) is 0.429. The summed E-state index contributed by atoms with van der Waals surface area (Å²) in [4.78, 5) is 17.2. The number of carbonyl (C=O) groups is 1. The Morgan fingerprint density at radius 1 is 1.34 bits per heavy atom. The Morgan fingerprint density at radius 3 is 2.72 bits per heavy atom. The van der Waals surface area contributed by atoms with Crippen LogP contribution in [-0.4, -0.2) is 24.1 Å². The van der Waals surface area contributed by atoms with E-state index in [1.54, 1.807) is 36.5 Å². The van der Waals surface area contributed by atoms with E-state index < -0.39 is 12.2 Å². The average molecular weight is 422 g/mol. The summed E-state index contributed by atoms with van der Waals surface area (Å²) >= 11 is 1.57. The SMILES string of the molecule is CCOc1cc(/C=C/C(=O)NC2(c3nc(C)cs3)CCCC2)ccc1OC(F)F. The molecule has 0 saturated heterocycles. The van der Waals surface area contributed by atoms with E-state index >= 15 is 0 Å². The lowest BCUT2D eigenvalue weighted by atomic mass is 9.98. The Kier molecular flexibility index (Phi) is 6.84. The van der Waals surface area contributed by atoms with Crippen LogP contribution in [0.25, 0.3) is 6.08 Å². The van der Waals surface area contributed by atoms with Gasteiger partial charge < -0.3 is 14.8 Å². The van der Waals surface area contributed by atoms with Crippen molar-refractivity contribution in [1.29, 1.82) is 0 Å². The van der Waals surface area contributed by atoms with Gasteiger partial charge in [0, 0.05) is 17.2 Å². The molecule has 8 heteroatoms. The van der Waals surface area contributed by atoms with Crippen LogP contribution in [-0.2, 0) is 10.3 Å². The number of aryl methyl sites for hydroxylation is 1. The number of nitrogens with one attached hydrogen (secondary N) is 1. The number of alkyl halides is 2. The second-order valence-electron chi connectivity index (χ2n) is 6.92. The van der Waals surface area contributed by atoms with Crippen LogP contribution < -0.4 is 14.8 Å². The molecule has 1 aromatic carbocycles. The zero-order valence-corrected chi connectivity index (χ0v) is 17.2. The highest BCUT2D eigenvalue weighted by molar-refractivity contribution is 7.09. The summed E-state index contributed by atoms with van der Waals surface area (Å²) in [5.74, 6) is -0.0426. The molecular formula is C21H24F2N2O3S. The molecule has 1 N–H and O–H groups in total. The highest BCUT2D eigenvalue weighted by Crippen LogP contribution is 2.40. The molecule has 1 fully saturated rings. The minimum Gasteiger partial charge on any atom is -0.490 e. The monoisotopic (exact) mass is 422 g/mol. The summed E-state index contributed by atoms with van der Waals surface area (Å²) in [5.41, 5.74) is 1.19. The Hall–Kier alpha value is -2.48. The summed E-state index contributed by atoms with van der Waals surface area (Å²) in [5, 5.41) is 6.08. The van der Waals surface area contributed by atoms with Gasteiger partial charge in [0.2, 0.25) is 5.91 Å². The minimum absolute atomic E-state index is 0.0347. The largest absolute Gasteiger partial charge is 0.490 e. The average Bonchev–Trinajstić information content (AvgIpc) is 3.32. The molecule has 1 aliphatic rings. The summed E-state index contributed by atoms with van der Waals surface area (Å²) in [7, 11) is 0. The smallest absolute Gasteiger partial charge is 0.387 e. The molecule has 1 aromatic heterocycles. The first-order valence-electron chi connectivity index (χ1n) is 9.56. The first-order valence-corrected chi connectivity index (χ1v) is 10.4. The first-order chi connectivity index (χ1) is 13.9. The minimum atomic E-state index is -2.93. The number of hydrogen-bond acceptors (Lipinski definition) is 5. The van der Waals surface area contributed by atoms with Gasteiger partial charge in [-0.05, 0) is 50.5 Å². The number of carbonyl (C=O) groups excluding carboxylic acids is 1. The highest BCUT2D eigenvalue weighted by Gasteiger charge is 2.39. The molecule has 156 valence electrons. The predicted octanol–water partition coefficient (Wildman–Crippen LogP) is 5.05. The van der Waals surface area contributed by atoms with E-state index in [2.05, 4.69) is 15.0 Å². The second-order valence-corrected chi connectivity index (χ2v) is 7.78. The lowest BCUT2D eigenvalue weighted by Gasteiger charge is -2.27. The molecule has 3 rings (SSSR count). The van der Waals surface area contributed by atoms with Crippen molar-refractivity contribution in [3.05, 3.63) is 45.9 Å². The first kappa shape index (κ1) is 21.2. The van der Waals surface area contributed by atoms with Crippen LogP contribution in [0.2, 0.25) is 0 Å². The molecule has 5 nitrogen and oxygen atoms in total. The molecule has 2 aromatic rings. The van der Waals surface area contributed by atoms with Gasteiger partial charge in [-0.3, -0.25) is 4.79 Å². The number of hydrogen-bond donors (Lipinski definition) is 1. The highest BCUT2D eigenvalue weighted by atomic mass is 32.1. The maximum atomic E-state index is 12.6. The van der Waals surface area contributed by atoms with E-state index in [0.29, 0.717) is 12.2 Å². The molecule has 0 unspecified atom stereocenters. The fourth-order valence-electron chi connectivity index (χ4n) is 3.48. The van der Waals surface area contributed by atoms with Crippen molar-refractivity contribution in [2.45, 2.75) is 51.7 Å². The Labute approximate surface area is 172 Å². The second kappa shape index (κ2) is 9.35. The fourth-order valence-corrected chi connectivity index (χ4v) is 4.50. The lowest BCUT2D eigenvalue weighted by Crippen LogP contribution is -2.43. The molecule has 0 spiro atoms. The summed E-state index contributed by atoms with van der Waals surface area (Å²) in [6.45, 7) is 1.08. The number of thiazole rings is 1. The van der Waals surface area contributed by atoms with Gasteiger partial charge in [0.1, 0.15) is 5.01 Å². The van der Waals surface area contributed by atoms with Crippen LogP contribution in [0.1, 0.15) is 48.9 Å². The maximum absolute atomic E-state index is 12.6. The Morgan fingerprint density at radius 2 is 2.10 bits per heavy atom. The number of amides is 1. The normalized spacial score (nSPS) is 15.8. The summed E-state index contributed by atoms with van der Waals surface area (Å²) < 4.78 is 34.9. The van der Waals surface area contributed by atoms with E-state index in [1.165, 1.54) is 12.1 Å². The van der Waals surface area contributed by atoms with Gasteiger partial charge >= 0.3 is 6.61 Å². The maximum Gasteiger partial charge on any atom is 0.387 e. The van der Waals surface area contributed by atoms with Crippen LogP contribution >= 0.6 is 11.3 Å². The van der Waals surface area contributed by atoms with Gasteiger partial charge in [0.05, 0.1) is 12.1 Å². The number of nitrogens with zero attached hydrogens (tertiary/aromatic N) is 1. The zero-order valence-electron chi connectivity index (χ0n) is 16.4. The molecular weight excluding hydrogens is 398 g/mol. The Balaban J connectivity index is 1.73. The van der Waals surface area contributed by atoms with E-state index in [-0.39, 0.29) is 17.4 Å². The van der Waals surface area contributed by atoms with Gasteiger partial charge in [-0.25, -0.2) is 4.98 Å². The van der Waals surface area contributed by atoms with Crippen molar-refractivity contribution in [1.82, 2.24) is 10.3 Å². The molecule has 0 bridgehead atoms. The van der Waals surface area contributed by atoms with Gasteiger partial charge in [-0.15, -0.1) is 11.3 Å². The third-order valence-electron chi connectivity index (χ3n) is 4.76. The summed E-state index contributed by atoms with van der Waals surface area (Å²) in [6.07, 6.45) is 6.90. The van der Waals surface area contributed by atoms with Crippen molar-refractivity contribution in [3.63, 3.8) is 0 Å². The number of ether oxygens (including phenoxy) is 2. The van der Waals surface area contributed by atoms with Crippen molar-refractivity contribution in [2.24, 2.45) is 0 Å². The van der Waals surface area contributed by atoms with E-state index in [1.807, 2.05) is 12.3 Å². The number of rotatable bonds is 8. The molecule has 0 radical (unpaired) electrons. The van der Waals surface area contributed by atoms with Gasteiger partial charge in [0.15, 0.2) is 11.5 Å². The van der Waals surface area contributed by atoms with Crippen molar-refractivity contribution < 1.29 is 23.0 Å². The molecule has 1 amide bonds. The molecule has 0 atom stereocenters. The van der Waals surface area contributed by atoms with E-state index in [9.17, 15) is 13.6 Å². The number of aromatic nitrogens is 1. The van der Waals surface area contributed by atoms with Crippen molar-refractivity contribution in [2.75, 3.05) is 6.61 Å². The third kappa shape index (κ3) is 5.32. The van der Waals surface area contributed by atoms with E-state index in [4.69, 9.17) is 4.74 Å². The van der Waals surface area contributed by atoms with Crippen LogP contribution in [0, 0.1) is 6.92 Å². The van der Waals surface area contributed by atoms with Crippen LogP contribution in [0.5, 0.6) is 11.5 Å².